The second kappa shape index (κ2) is 7.59. The molecule has 2 heterocycles. The van der Waals surface area contributed by atoms with Gasteiger partial charge in [0.05, 0.1) is 22.4 Å². The third kappa shape index (κ3) is 4.22. The summed E-state index contributed by atoms with van der Waals surface area (Å²) in [5, 5.41) is 19.4. The van der Waals surface area contributed by atoms with Gasteiger partial charge in [-0.2, -0.15) is 5.26 Å². The number of carbonyl (C=O) groups is 1. The number of pyridine rings is 1. The summed E-state index contributed by atoms with van der Waals surface area (Å²) in [6.07, 6.45) is 3.28. The van der Waals surface area contributed by atoms with Gasteiger partial charge in [-0.05, 0) is 37.3 Å². The van der Waals surface area contributed by atoms with E-state index in [0.717, 1.165) is 11.8 Å². The molecule has 7 nitrogen and oxygen atoms in total. The van der Waals surface area contributed by atoms with Gasteiger partial charge in [-0.25, -0.2) is 0 Å². The van der Waals surface area contributed by atoms with Crippen LogP contribution in [-0.4, -0.2) is 26.3 Å². The minimum Gasteiger partial charge on any atom is -0.411 e. The first-order chi connectivity index (χ1) is 12.2. The van der Waals surface area contributed by atoms with Gasteiger partial charge in [-0.3, -0.25) is 9.78 Å². The van der Waals surface area contributed by atoms with Gasteiger partial charge in [0.25, 0.3) is 5.22 Å². The van der Waals surface area contributed by atoms with Crippen molar-refractivity contribution in [2.75, 3.05) is 5.32 Å². The molecule has 0 saturated heterocycles. The van der Waals surface area contributed by atoms with Crippen molar-refractivity contribution >= 4 is 23.4 Å². The topological polar surface area (TPSA) is 105 Å². The van der Waals surface area contributed by atoms with Crippen LogP contribution in [-0.2, 0) is 4.79 Å². The van der Waals surface area contributed by atoms with Crippen LogP contribution < -0.4 is 5.32 Å². The van der Waals surface area contributed by atoms with Gasteiger partial charge in [0.2, 0.25) is 11.8 Å². The van der Waals surface area contributed by atoms with Crippen molar-refractivity contribution in [2.45, 2.75) is 17.4 Å². The molecular weight excluding hydrogens is 338 g/mol. The molecule has 2 aromatic heterocycles. The van der Waals surface area contributed by atoms with Gasteiger partial charge in [0.15, 0.2) is 0 Å². The smallest absolute Gasteiger partial charge is 0.277 e. The van der Waals surface area contributed by atoms with Gasteiger partial charge in [0.1, 0.15) is 0 Å². The van der Waals surface area contributed by atoms with Crippen molar-refractivity contribution in [3.63, 3.8) is 0 Å². The van der Waals surface area contributed by atoms with Crippen LogP contribution in [0, 0.1) is 11.3 Å². The molecule has 0 radical (unpaired) electrons. The summed E-state index contributed by atoms with van der Waals surface area (Å²) in [5.41, 5.74) is 1.77. The SMILES string of the molecule is CC(Sc1nnc(-c2cccnc2)o1)C(=O)Nc1cccc(C#N)c1. The molecule has 0 aliphatic carbocycles. The summed E-state index contributed by atoms with van der Waals surface area (Å²) >= 11 is 1.16. The molecule has 1 atom stereocenters. The Balaban J connectivity index is 1.64. The van der Waals surface area contributed by atoms with E-state index >= 15 is 0 Å². The van der Waals surface area contributed by atoms with E-state index in [9.17, 15) is 4.79 Å². The molecule has 0 spiro atoms. The number of nitrogens with one attached hydrogen (secondary N) is 1. The first-order valence-corrected chi connectivity index (χ1v) is 8.25. The van der Waals surface area contributed by atoms with Crippen LogP contribution in [0.15, 0.2) is 58.4 Å². The summed E-state index contributed by atoms with van der Waals surface area (Å²) in [5.74, 6) is 0.131. The Kier molecular flexibility index (Phi) is 5.06. The quantitative estimate of drug-likeness (QED) is 0.704. The van der Waals surface area contributed by atoms with Gasteiger partial charge >= 0.3 is 0 Å². The lowest BCUT2D eigenvalue weighted by Crippen LogP contribution is -2.22. The molecule has 1 N–H and O–H groups in total. The van der Waals surface area contributed by atoms with Crippen LogP contribution >= 0.6 is 11.8 Å². The standard InChI is InChI=1S/C17H13N5O2S/c1-11(15(23)20-14-6-2-4-12(8-14)9-18)25-17-22-21-16(24-17)13-5-3-7-19-10-13/h2-8,10-11H,1H3,(H,20,23). The van der Waals surface area contributed by atoms with Gasteiger partial charge < -0.3 is 9.73 Å². The fraction of sp³-hybridized carbons (Fsp3) is 0.118. The molecule has 124 valence electrons. The van der Waals surface area contributed by atoms with E-state index in [0.29, 0.717) is 27.9 Å². The fourth-order valence-corrected chi connectivity index (χ4v) is 2.66. The molecule has 0 fully saturated rings. The summed E-state index contributed by atoms with van der Waals surface area (Å²) in [6.45, 7) is 1.74. The van der Waals surface area contributed by atoms with Crippen LogP contribution in [0.2, 0.25) is 0 Å². The van der Waals surface area contributed by atoms with Crippen molar-refractivity contribution in [1.82, 2.24) is 15.2 Å². The molecule has 0 saturated carbocycles. The highest BCUT2D eigenvalue weighted by atomic mass is 32.2. The number of aromatic nitrogens is 3. The van der Waals surface area contributed by atoms with Crippen LogP contribution in [0.25, 0.3) is 11.5 Å². The van der Waals surface area contributed by atoms with Crippen LogP contribution in [0.3, 0.4) is 0 Å². The fourth-order valence-electron chi connectivity index (χ4n) is 1.98. The molecule has 0 aliphatic rings. The second-order valence-corrected chi connectivity index (χ2v) is 6.35. The molecule has 3 aromatic rings. The minimum absolute atomic E-state index is 0.221. The maximum Gasteiger partial charge on any atom is 0.277 e. The predicted octanol–water partition coefficient (Wildman–Crippen LogP) is 3.12. The first-order valence-electron chi connectivity index (χ1n) is 7.37. The number of rotatable bonds is 5. The molecule has 25 heavy (non-hydrogen) atoms. The Morgan fingerprint density at radius 1 is 1.32 bits per heavy atom. The third-order valence-electron chi connectivity index (χ3n) is 3.22. The van der Waals surface area contributed by atoms with Crippen molar-refractivity contribution < 1.29 is 9.21 Å². The number of nitriles is 1. The molecule has 0 bridgehead atoms. The highest BCUT2D eigenvalue weighted by molar-refractivity contribution is 8.00. The van der Waals surface area contributed by atoms with Crippen molar-refractivity contribution in [2.24, 2.45) is 0 Å². The highest BCUT2D eigenvalue weighted by Gasteiger charge is 2.19. The molecule has 1 unspecified atom stereocenters. The zero-order valence-electron chi connectivity index (χ0n) is 13.2. The number of benzene rings is 1. The lowest BCUT2D eigenvalue weighted by atomic mass is 10.2. The molecule has 1 aromatic carbocycles. The summed E-state index contributed by atoms with van der Waals surface area (Å²) in [7, 11) is 0. The molecular formula is C17H13N5O2S. The molecule has 0 aliphatic heterocycles. The molecule has 3 rings (SSSR count). The van der Waals surface area contributed by atoms with Gasteiger partial charge in [0, 0.05) is 18.1 Å². The predicted molar refractivity (Wildman–Crippen MR) is 92.6 cm³/mol. The number of amides is 1. The minimum atomic E-state index is -0.451. The Morgan fingerprint density at radius 3 is 2.96 bits per heavy atom. The Labute approximate surface area is 148 Å². The van der Waals surface area contributed by atoms with Crippen molar-refractivity contribution in [3.8, 4) is 17.5 Å². The zero-order chi connectivity index (χ0) is 17.6. The maximum atomic E-state index is 12.3. The highest BCUT2D eigenvalue weighted by Crippen LogP contribution is 2.26. The Bertz CT molecular complexity index is 920. The Hall–Kier alpha value is -3.18. The van der Waals surface area contributed by atoms with E-state index in [4.69, 9.17) is 9.68 Å². The van der Waals surface area contributed by atoms with E-state index < -0.39 is 5.25 Å². The van der Waals surface area contributed by atoms with E-state index in [1.165, 1.54) is 0 Å². The second-order valence-electron chi connectivity index (χ2n) is 5.06. The summed E-state index contributed by atoms with van der Waals surface area (Å²) in [4.78, 5) is 16.3. The van der Waals surface area contributed by atoms with E-state index in [-0.39, 0.29) is 5.91 Å². The number of thioether (sulfide) groups is 1. The average molecular weight is 351 g/mol. The average Bonchev–Trinajstić information content (AvgIpc) is 3.11. The molecule has 1 amide bonds. The van der Waals surface area contributed by atoms with Crippen LogP contribution in [0.4, 0.5) is 5.69 Å². The maximum absolute atomic E-state index is 12.3. The number of nitrogens with zero attached hydrogens (tertiary/aromatic N) is 4. The van der Waals surface area contributed by atoms with Crippen LogP contribution in [0.5, 0.6) is 0 Å². The summed E-state index contributed by atoms with van der Waals surface area (Å²) in [6, 6.07) is 12.3. The van der Waals surface area contributed by atoms with E-state index in [1.54, 1.807) is 49.6 Å². The van der Waals surface area contributed by atoms with E-state index in [2.05, 4.69) is 20.5 Å². The number of carbonyl (C=O) groups excluding carboxylic acids is 1. The van der Waals surface area contributed by atoms with Gasteiger partial charge in [-0.1, -0.05) is 17.8 Å². The number of hydrogen-bond donors (Lipinski definition) is 1. The van der Waals surface area contributed by atoms with Crippen molar-refractivity contribution in [3.05, 3.63) is 54.4 Å². The summed E-state index contributed by atoms with van der Waals surface area (Å²) < 4.78 is 5.55. The van der Waals surface area contributed by atoms with E-state index in [1.807, 2.05) is 12.1 Å². The normalized spacial score (nSPS) is 11.5. The largest absolute Gasteiger partial charge is 0.411 e. The monoisotopic (exact) mass is 351 g/mol. The van der Waals surface area contributed by atoms with Crippen molar-refractivity contribution in [1.29, 1.82) is 5.26 Å². The first kappa shape index (κ1) is 16.7. The number of hydrogen-bond acceptors (Lipinski definition) is 7. The third-order valence-corrected chi connectivity index (χ3v) is 4.16. The zero-order valence-corrected chi connectivity index (χ0v) is 14.0. The van der Waals surface area contributed by atoms with Gasteiger partial charge in [-0.15, -0.1) is 10.2 Å². The lowest BCUT2D eigenvalue weighted by Gasteiger charge is -2.09. The molecule has 8 heteroatoms. The number of anilines is 1. The Morgan fingerprint density at radius 2 is 2.20 bits per heavy atom. The van der Waals surface area contributed by atoms with Crippen LogP contribution in [0.1, 0.15) is 12.5 Å². The lowest BCUT2D eigenvalue weighted by molar-refractivity contribution is -0.115.